The molecule has 1 amide bonds. The summed E-state index contributed by atoms with van der Waals surface area (Å²) in [5.74, 6) is 1.19. The van der Waals surface area contributed by atoms with E-state index < -0.39 is 0 Å². The molecule has 1 fully saturated rings. The molecular weight excluding hydrogens is 186 g/mol. The molecule has 2 atom stereocenters. The molecule has 1 aliphatic heterocycles. The minimum atomic E-state index is -0.0614. The van der Waals surface area contributed by atoms with E-state index in [9.17, 15) is 4.79 Å². The summed E-state index contributed by atoms with van der Waals surface area (Å²) >= 11 is 1.72. The lowest BCUT2D eigenvalue weighted by molar-refractivity contribution is -0.121. The van der Waals surface area contributed by atoms with Crippen LogP contribution in [0.25, 0.3) is 0 Å². The van der Waals surface area contributed by atoms with Gasteiger partial charge in [-0.3, -0.25) is 4.79 Å². The molecule has 76 valence electrons. The highest BCUT2D eigenvalue weighted by atomic mass is 32.2. The van der Waals surface area contributed by atoms with E-state index in [4.69, 9.17) is 5.11 Å². The van der Waals surface area contributed by atoms with Crippen LogP contribution in [0.2, 0.25) is 0 Å². The van der Waals surface area contributed by atoms with E-state index in [1.165, 1.54) is 0 Å². The van der Waals surface area contributed by atoms with Crippen molar-refractivity contribution in [2.75, 3.05) is 12.4 Å². The SMILES string of the molecule is CC[C@H](CO)NC(=O)C1CCCS1. The van der Waals surface area contributed by atoms with E-state index in [0.717, 1.165) is 25.0 Å². The Hall–Kier alpha value is -0.220. The number of carbonyl (C=O) groups excluding carboxylic acids is 1. The van der Waals surface area contributed by atoms with Gasteiger partial charge in [-0.1, -0.05) is 6.92 Å². The van der Waals surface area contributed by atoms with Gasteiger partial charge in [0.25, 0.3) is 0 Å². The Bertz CT molecular complexity index is 165. The van der Waals surface area contributed by atoms with Crippen LogP contribution in [0.5, 0.6) is 0 Å². The maximum atomic E-state index is 11.5. The second-order valence-electron chi connectivity index (χ2n) is 3.30. The molecule has 1 aliphatic rings. The highest BCUT2D eigenvalue weighted by Gasteiger charge is 2.24. The van der Waals surface area contributed by atoms with Crippen molar-refractivity contribution in [2.24, 2.45) is 0 Å². The molecule has 1 unspecified atom stereocenters. The zero-order valence-electron chi connectivity index (χ0n) is 7.95. The van der Waals surface area contributed by atoms with Gasteiger partial charge in [0.05, 0.1) is 17.9 Å². The van der Waals surface area contributed by atoms with Crippen LogP contribution in [0, 0.1) is 0 Å². The zero-order valence-corrected chi connectivity index (χ0v) is 8.77. The number of hydrogen-bond acceptors (Lipinski definition) is 3. The van der Waals surface area contributed by atoms with Crippen LogP contribution >= 0.6 is 11.8 Å². The number of aliphatic hydroxyl groups is 1. The summed E-state index contributed by atoms with van der Waals surface area (Å²) in [6.45, 7) is 2.00. The summed E-state index contributed by atoms with van der Waals surface area (Å²) in [7, 11) is 0. The smallest absolute Gasteiger partial charge is 0.233 e. The minimum Gasteiger partial charge on any atom is -0.394 e. The third kappa shape index (κ3) is 3.19. The van der Waals surface area contributed by atoms with Gasteiger partial charge in [-0.2, -0.15) is 0 Å². The van der Waals surface area contributed by atoms with E-state index >= 15 is 0 Å². The van der Waals surface area contributed by atoms with Crippen LogP contribution in [0.1, 0.15) is 26.2 Å². The van der Waals surface area contributed by atoms with Crippen molar-refractivity contribution in [3.05, 3.63) is 0 Å². The summed E-state index contributed by atoms with van der Waals surface area (Å²) in [6, 6.07) is -0.0614. The number of aliphatic hydroxyl groups excluding tert-OH is 1. The molecule has 0 aromatic carbocycles. The normalized spacial score (nSPS) is 24.3. The number of nitrogens with one attached hydrogen (secondary N) is 1. The highest BCUT2D eigenvalue weighted by Crippen LogP contribution is 2.26. The molecule has 0 bridgehead atoms. The Morgan fingerprint density at radius 1 is 1.77 bits per heavy atom. The molecule has 0 aromatic rings. The minimum absolute atomic E-state index is 0.0413. The largest absolute Gasteiger partial charge is 0.394 e. The second-order valence-corrected chi connectivity index (χ2v) is 4.61. The van der Waals surface area contributed by atoms with Crippen molar-refractivity contribution in [2.45, 2.75) is 37.5 Å². The molecule has 0 spiro atoms. The number of hydrogen-bond donors (Lipinski definition) is 2. The van der Waals surface area contributed by atoms with E-state index in [-0.39, 0.29) is 23.8 Å². The van der Waals surface area contributed by atoms with Crippen molar-refractivity contribution in [1.82, 2.24) is 5.32 Å². The Morgan fingerprint density at radius 2 is 2.54 bits per heavy atom. The van der Waals surface area contributed by atoms with Crippen molar-refractivity contribution in [3.63, 3.8) is 0 Å². The predicted octanol–water partition coefficient (Wildman–Crippen LogP) is 0.769. The number of rotatable bonds is 4. The Kier molecular flexibility index (Phi) is 4.59. The summed E-state index contributed by atoms with van der Waals surface area (Å²) < 4.78 is 0. The molecule has 0 aliphatic carbocycles. The Morgan fingerprint density at radius 3 is 3.00 bits per heavy atom. The van der Waals surface area contributed by atoms with Crippen LogP contribution in [0.3, 0.4) is 0 Å². The van der Waals surface area contributed by atoms with Gasteiger partial charge in [0.15, 0.2) is 0 Å². The molecule has 2 N–H and O–H groups in total. The third-order valence-corrected chi connectivity index (χ3v) is 3.66. The topological polar surface area (TPSA) is 49.3 Å². The van der Waals surface area contributed by atoms with Gasteiger partial charge < -0.3 is 10.4 Å². The lowest BCUT2D eigenvalue weighted by Gasteiger charge is -2.16. The molecule has 0 radical (unpaired) electrons. The highest BCUT2D eigenvalue weighted by molar-refractivity contribution is 8.00. The molecular formula is C9H17NO2S. The van der Waals surface area contributed by atoms with Gasteiger partial charge in [-0.15, -0.1) is 11.8 Å². The lowest BCUT2D eigenvalue weighted by atomic mass is 10.2. The molecule has 0 aromatic heterocycles. The van der Waals surface area contributed by atoms with Crippen LogP contribution in [0.4, 0.5) is 0 Å². The second kappa shape index (κ2) is 5.50. The number of thioether (sulfide) groups is 1. The average Bonchev–Trinajstić information content (AvgIpc) is 2.66. The monoisotopic (exact) mass is 203 g/mol. The van der Waals surface area contributed by atoms with Crippen LogP contribution < -0.4 is 5.32 Å². The first-order valence-electron chi connectivity index (χ1n) is 4.80. The molecule has 1 saturated heterocycles. The Balaban J connectivity index is 2.30. The summed E-state index contributed by atoms with van der Waals surface area (Å²) in [4.78, 5) is 11.5. The van der Waals surface area contributed by atoms with Crippen LogP contribution in [0.15, 0.2) is 0 Å². The van der Waals surface area contributed by atoms with Gasteiger partial charge >= 0.3 is 0 Å². The fourth-order valence-corrected chi connectivity index (χ4v) is 2.53. The average molecular weight is 203 g/mol. The fraction of sp³-hybridized carbons (Fsp3) is 0.889. The van der Waals surface area contributed by atoms with Crippen molar-refractivity contribution in [1.29, 1.82) is 0 Å². The molecule has 4 heteroatoms. The van der Waals surface area contributed by atoms with Crippen molar-refractivity contribution in [3.8, 4) is 0 Å². The molecule has 3 nitrogen and oxygen atoms in total. The van der Waals surface area contributed by atoms with Crippen molar-refractivity contribution < 1.29 is 9.90 Å². The molecule has 1 rings (SSSR count). The maximum absolute atomic E-state index is 11.5. The van der Waals surface area contributed by atoms with Crippen molar-refractivity contribution >= 4 is 17.7 Å². The quantitative estimate of drug-likeness (QED) is 0.709. The first-order chi connectivity index (χ1) is 6.27. The van der Waals surface area contributed by atoms with Gasteiger partial charge in [-0.25, -0.2) is 0 Å². The summed E-state index contributed by atoms with van der Waals surface area (Å²) in [5.41, 5.74) is 0. The Labute approximate surface area is 83.3 Å². The van der Waals surface area contributed by atoms with E-state index in [1.807, 2.05) is 6.92 Å². The third-order valence-electron chi connectivity index (χ3n) is 2.28. The number of amides is 1. The van der Waals surface area contributed by atoms with E-state index in [0.29, 0.717) is 0 Å². The first kappa shape index (κ1) is 10.9. The summed E-state index contributed by atoms with van der Waals surface area (Å²) in [6.07, 6.45) is 2.91. The predicted molar refractivity (Wildman–Crippen MR) is 54.8 cm³/mol. The molecule has 13 heavy (non-hydrogen) atoms. The van der Waals surface area contributed by atoms with E-state index in [1.54, 1.807) is 11.8 Å². The van der Waals surface area contributed by atoms with Gasteiger partial charge in [0, 0.05) is 0 Å². The molecule has 0 saturated carbocycles. The van der Waals surface area contributed by atoms with E-state index in [2.05, 4.69) is 5.32 Å². The van der Waals surface area contributed by atoms with Gasteiger partial charge in [-0.05, 0) is 25.0 Å². The fourth-order valence-electron chi connectivity index (χ4n) is 1.36. The molecule has 1 heterocycles. The lowest BCUT2D eigenvalue weighted by Crippen LogP contribution is -2.41. The standard InChI is InChI=1S/C9H17NO2S/c1-2-7(6-11)10-9(12)8-4-3-5-13-8/h7-8,11H,2-6H2,1H3,(H,10,12)/t7-,8?/m1/s1. The first-order valence-corrected chi connectivity index (χ1v) is 5.85. The van der Waals surface area contributed by atoms with Crippen LogP contribution in [-0.4, -0.2) is 34.7 Å². The zero-order chi connectivity index (χ0) is 9.68. The maximum Gasteiger partial charge on any atom is 0.233 e. The van der Waals surface area contributed by atoms with Gasteiger partial charge in [0.1, 0.15) is 0 Å². The number of carbonyl (C=O) groups is 1. The van der Waals surface area contributed by atoms with Crippen LogP contribution in [-0.2, 0) is 4.79 Å². The van der Waals surface area contributed by atoms with Gasteiger partial charge in [0.2, 0.25) is 5.91 Å². The summed E-state index contributed by atoms with van der Waals surface area (Å²) in [5, 5.41) is 11.9.